The molecule has 0 aliphatic carbocycles. The van der Waals surface area contributed by atoms with Gasteiger partial charge in [-0.05, 0) is 86.3 Å². The summed E-state index contributed by atoms with van der Waals surface area (Å²) in [6.45, 7) is 7.42. The minimum Gasteiger partial charge on any atom is -0.355 e. The van der Waals surface area contributed by atoms with Crippen molar-refractivity contribution < 1.29 is 18.0 Å². The topological polar surface area (TPSA) is 86.8 Å². The minimum absolute atomic E-state index is 0.0730. The number of hydrogen-bond acceptors (Lipinski definition) is 4. The fourth-order valence-corrected chi connectivity index (χ4v) is 6.62. The molecule has 0 bridgehead atoms. The van der Waals surface area contributed by atoms with Crippen LogP contribution in [0, 0.1) is 20.8 Å². The molecule has 1 unspecified atom stereocenters. The van der Waals surface area contributed by atoms with Gasteiger partial charge >= 0.3 is 0 Å². The standard InChI is InChI=1S/C35H38ClN3O4S/c1-5-37-35(41)33(22-28-9-7-6-8-10-28)38(23-29-13-15-30(36)16-14-29)34(40)24-39(31-20-26(3)19-27(4)21-31)44(42,43)32-17-11-25(2)12-18-32/h6-21,33H,5,22-24H2,1-4H3,(H,37,41). The number of amides is 2. The van der Waals surface area contributed by atoms with Gasteiger partial charge in [-0.3, -0.25) is 13.9 Å². The Kier molecular flexibility index (Phi) is 10.8. The number of hydrogen-bond donors (Lipinski definition) is 1. The molecule has 0 aromatic heterocycles. The van der Waals surface area contributed by atoms with Crippen LogP contribution in [0.1, 0.15) is 34.7 Å². The molecule has 9 heteroatoms. The molecule has 0 heterocycles. The Bertz CT molecular complexity index is 1670. The molecule has 2 amide bonds. The first-order chi connectivity index (χ1) is 21.0. The van der Waals surface area contributed by atoms with Crippen molar-refractivity contribution in [2.45, 2.75) is 51.6 Å². The first-order valence-electron chi connectivity index (χ1n) is 14.5. The number of anilines is 1. The van der Waals surface area contributed by atoms with E-state index >= 15 is 0 Å². The van der Waals surface area contributed by atoms with Gasteiger partial charge < -0.3 is 10.2 Å². The van der Waals surface area contributed by atoms with E-state index in [1.807, 2.05) is 64.1 Å². The van der Waals surface area contributed by atoms with E-state index in [1.54, 1.807) is 60.7 Å². The van der Waals surface area contributed by atoms with Gasteiger partial charge in [0, 0.05) is 24.5 Å². The van der Waals surface area contributed by atoms with E-state index in [2.05, 4.69) is 5.32 Å². The van der Waals surface area contributed by atoms with Crippen LogP contribution in [-0.2, 0) is 32.6 Å². The molecule has 7 nitrogen and oxygen atoms in total. The summed E-state index contributed by atoms with van der Waals surface area (Å²) in [5.41, 5.74) is 4.64. The molecule has 0 aliphatic heterocycles. The van der Waals surface area contributed by atoms with Gasteiger partial charge in [0.15, 0.2) is 0 Å². The van der Waals surface area contributed by atoms with Gasteiger partial charge in [0.05, 0.1) is 10.6 Å². The molecule has 4 rings (SSSR count). The Morgan fingerprint density at radius 2 is 1.41 bits per heavy atom. The van der Waals surface area contributed by atoms with Crippen molar-refractivity contribution in [1.82, 2.24) is 10.2 Å². The highest BCUT2D eigenvalue weighted by atomic mass is 35.5. The van der Waals surface area contributed by atoms with Crippen LogP contribution in [0.15, 0.2) is 102 Å². The van der Waals surface area contributed by atoms with Crippen molar-refractivity contribution in [2.24, 2.45) is 0 Å². The van der Waals surface area contributed by atoms with Crippen molar-refractivity contribution in [3.8, 4) is 0 Å². The van der Waals surface area contributed by atoms with Crippen LogP contribution in [0.25, 0.3) is 0 Å². The molecule has 0 spiro atoms. The van der Waals surface area contributed by atoms with Crippen LogP contribution in [0.4, 0.5) is 5.69 Å². The third kappa shape index (κ3) is 8.27. The number of nitrogens with zero attached hydrogens (tertiary/aromatic N) is 2. The van der Waals surface area contributed by atoms with E-state index in [9.17, 15) is 18.0 Å². The van der Waals surface area contributed by atoms with Gasteiger partial charge in [-0.2, -0.15) is 0 Å². The van der Waals surface area contributed by atoms with Gasteiger partial charge in [0.25, 0.3) is 10.0 Å². The highest BCUT2D eigenvalue weighted by Crippen LogP contribution is 2.27. The van der Waals surface area contributed by atoms with Crippen LogP contribution in [0.3, 0.4) is 0 Å². The number of carbonyl (C=O) groups is 2. The highest BCUT2D eigenvalue weighted by molar-refractivity contribution is 7.92. The number of benzene rings is 4. The first kappa shape index (κ1) is 32.8. The zero-order chi connectivity index (χ0) is 31.9. The van der Waals surface area contributed by atoms with Crippen LogP contribution < -0.4 is 9.62 Å². The Balaban J connectivity index is 1.81. The summed E-state index contributed by atoms with van der Waals surface area (Å²) in [6, 6.07) is 27.6. The summed E-state index contributed by atoms with van der Waals surface area (Å²) >= 11 is 6.13. The second-order valence-corrected chi connectivity index (χ2v) is 13.2. The number of likely N-dealkylation sites (N-methyl/N-ethyl adjacent to an activating group) is 1. The highest BCUT2D eigenvalue weighted by Gasteiger charge is 2.34. The first-order valence-corrected chi connectivity index (χ1v) is 16.3. The molecule has 0 aliphatic rings. The molecule has 1 atom stereocenters. The molecular weight excluding hydrogens is 594 g/mol. The maximum Gasteiger partial charge on any atom is 0.264 e. The van der Waals surface area contributed by atoms with Gasteiger partial charge in [-0.1, -0.05) is 77.8 Å². The number of nitrogens with one attached hydrogen (secondary N) is 1. The van der Waals surface area contributed by atoms with Gasteiger partial charge in [-0.15, -0.1) is 0 Å². The number of halogens is 1. The second-order valence-electron chi connectivity index (χ2n) is 10.9. The molecule has 0 radical (unpaired) electrons. The molecule has 44 heavy (non-hydrogen) atoms. The normalized spacial score (nSPS) is 11.9. The van der Waals surface area contributed by atoms with Crippen LogP contribution in [0.5, 0.6) is 0 Å². The zero-order valence-electron chi connectivity index (χ0n) is 25.5. The number of carbonyl (C=O) groups excluding carboxylic acids is 2. The van der Waals surface area contributed by atoms with Crippen LogP contribution in [0.2, 0.25) is 5.02 Å². The fourth-order valence-electron chi connectivity index (χ4n) is 5.09. The van der Waals surface area contributed by atoms with Crippen molar-refractivity contribution in [2.75, 3.05) is 17.4 Å². The minimum atomic E-state index is -4.16. The Hall–Kier alpha value is -4.14. The number of sulfonamides is 1. The summed E-state index contributed by atoms with van der Waals surface area (Å²) in [6.07, 6.45) is 0.250. The van der Waals surface area contributed by atoms with E-state index < -0.39 is 28.5 Å². The molecule has 0 saturated heterocycles. The Labute approximate surface area is 265 Å². The Morgan fingerprint density at radius 1 is 0.795 bits per heavy atom. The fraction of sp³-hybridized carbons (Fsp3) is 0.257. The van der Waals surface area contributed by atoms with E-state index in [0.29, 0.717) is 17.3 Å². The monoisotopic (exact) mass is 631 g/mol. The smallest absolute Gasteiger partial charge is 0.264 e. The molecular formula is C35H38ClN3O4S. The van der Waals surface area contributed by atoms with Gasteiger partial charge in [0.1, 0.15) is 12.6 Å². The Morgan fingerprint density at radius 3 is 2.00 bits per heavy atom. The van der Waals surface area contributed by atoms with Gasteiger partial charge in [-0.25, -0.2) is 8.42 Å². The molecule has 230 valence electrons. The van der Waals surface area contributed by atoms with Crippen molar-refractivity contribution in [3.05, 3.63) is 130 Å². The van der Waals surface area contributed by atoms with E-state index in [0.717, 1.165) is 32.1 Å². The molecule has 4 aromatic carbocycles. The maximum absolute atomic E-state index is 14.5. The summed E-state index contributed by atoms with van der Waals surface area (Å²) in [5, 5.41) is 3.41. The van der Waals surface area contributed by atoms with E-state index in [-0.39, 0.29) is 23.8 Å². The third-order valence-corrected chi connectivity index (χ3v) is 9.31. The number of aryl methyl sites for hydroxylation is 3. The lowest BCUT2D eigenvalue weighted by molar-refractivity contribution is -0.140. The van der Waals surface area contributed by atoms with Crippen LogP contribution >= 0.6 is 11.6 Å². The van der Waals surface area contributed by atoms with Crippen molar-refractivity contribution >= 4 is 39.1 Å². The van der Waals surface area contributed by atoms with E-state index in [4.69, 9.17) is 11.6 Å². The predicted octanol–water partition coefficient (Wildman–Crippen LogP) is 6.24. The maximum atomic E-state index is 14.5. The quantitative estimate of drug-likeness (QED) is 0.201. The molecule has 0 saturated carbocycles. The summed E-state index contributed by atoms with van der Waals surface area (Å²) < 4.78 is 29.5. The molecule has 4 aromatic rings. The zero-order valence-corrected chi connectivity index (χ0v) is 27.0. The summed E-state index contributed by atoms with van der Waals surface area (Å²) in [4.78, 5) is 29.6. The van der Waals surface area contributed by atoms with Crippen molar-refractivity contribution in [3.63, 3.8) is 0 Å². The lowest BCUT2D eigenvalue weighted by Crippen LogP contribution is -2.53. The predicted molar refractivity (Wildman–Crippen MR) is 176 cm³/mol. The largest absolute Gasteiger partial charge is 0.355 e. The third-order valence-electron chi connectivity index (χ3n) is 7.27. The lowest BCUT2D eigenvalue weighted by Gasteiger charge is -2.34. The lowest BCUT2D eigenvalue weighted by atomic mass is 10.0. The van der Waals surface area contributed by atoms with E-state index in [1.165, 1.54) is 4.90 Å². The summed E-state index contributed by atoms with van der Waals surface area (Å²) in [7, 11) is -4.16. The average Bonchev–Trinajstić information content (AvgIpc) is 2.98. The SMILES string of the molecule is CCNC(=O)C(Cc1ccccc1)N(Cc1ccc(Cl)cc1)C(=O)CN(c1cc(C)cc(C)c1)S(=O)(=O)c1ccc(C)cc1. The second kappa shape index (κ2) is 14.6. The van der Waals surface area contributed by atoms with Gasteiger partial charge in [0.2, 0.25) is 11.8 Å². The van der Waals surface area contributed by atoms with Crippen LogP contribution in [-0.4, -0.2) is 44.3 Å². The van der Waals surface area contributed by atoms with Crippen molar-refractivity contribution in [1.29, 1.82) is 0 Å². The summed E-state index contributed by atoms with van der Waals surface area (Å²) in [5.74, 6) is -0.833. The molecule has 1 N–H and O–H groups in total. The molecule has 0 fully saturated rings. The average molecular weight is 632 g/mol. The number of rotatable bonds is 12.